The average Bonchev–Trinajstić information content (AvgIpc) is 2.28. The summed E-state index contributed by atoms with van der Waals surface area (Å²) < 4.78 is 12.9. The minimum absolute atomic E-state index is 0.119. The van der Waals surface area contributed by atoms with Gasteiger partial charge in [-0.3, -0.25) is 4.98 Å². The first-order valence-corrected chi connectivity index (χ1v) is 5.51. The van der Waals surface area contributed by atoms with Crippen molar-refractivity contribution < 1.29 is 4.39 Å². The van der Waals surface area contributed by atoms with E-state index >= 15 is 0 Å². The zero-order valence-electron chi connectivity index (χ0n) is 9.54. The molecule has 0 saturated carbocycles. The lowest BCUT2D eigenvalue weighted by molar-refractivity contribution is 0.541. The quantitative estimate of drug-likeness (QED) is 0.589. The van der Waals surface area contributed by atoms with Crippen LogP contribution in [0.5, 0.6) is 0 Å². The summed E-state index contributed by atoms with van der Waals surface area (Å²) in [4.78, 5) is 3.82. The van der Waals surface area contributed by atoms with Crippen LogP contribution in [-0.2, 0) is 0 Å². The second-order valence-electron chi connectivity index (χ2n) is 3.77. The monoisotopic (exact) mass is 220 g/mol. The van der Waals surface area contributed by atoms with E-state index in [0.717, 1.165) is 31.4 Å². The third-order valence-corrected chi connectivity index (χ3v) is 2.42. The molecule has 1 rings (SSSR count). The van der Waals surface area contributed by atoms with Crippen molar-refractivity contribution in [1.82, 2.24) is 10.3 Å². The van der Waals surface area contributed by atoms with Crippen LogP contribution in [0.25, 0.3) is 0 Å². The number of hydrogen-bond donors (Lipinski definition) is 1. The Hall–Kier alpha value is -1.40. The van der Waals surface area contributed by atoms with E-state index in [1.165, 1.54) is 12.3 Å². The number of nitrogens with one attached hydrogen (secondary N) is 1. The minimum Gasteiger partial charge on any atom is -0.310 e. The molecule has 1 N–H and O–H groups in total. The lowest BCUT2D eigenvalue weighted by Gasteiger charge is -2.13. The van der Waals surface area contributed by atoms with Gasteiger partial charge in [0, 0.05) is 18.7 Å². The number of nitrogens with zero attached hydrogens (tertiary/aromatic N) is 1. The Morgan fingerprint density at radius 2 is 2.31 bits per heavy atom. The minimum atomic E-state index is -0.293. The molecule has 0 aromatic carbocycles. The first-order valence-electron chi connectivity index (χ1n) is 5.51. The first kappa shape index (κ1) is 12.7. The maximum atomic E-state index is 12.9. The van der Waals surface area contributed by atoms with E-state index in [1.54, 1.807) is 6.20 Å². The number of aromatic nitrogens is 1. The van der Waals surface area contributed by atoms with Crippen LogP contribution in [0, 0.1) is 18.2 Å². The molecule has 86 valence electrons. The van der Waals surface area contributed by atoms with E-state index in [9.17, 15) is 4.39 Å². The van der Waals surface area contributed by atoms with Crippen molar-refractivity contribution in [2.45, 2.75) is 32.2 Å². The molecule has 16 heavy (non-hydrogen) atoms. The number of unbranched alkanes of at least 4 members (excludes halogenated alkanes) is 2. The van der Waals surface area contributed by atoms with Crippen molar-refractivity contribution in [3.05, 3.63) is 29.8 Å². The summed E-state index contributed by atoms with van der Waals surface area (Å²) in [6, 6.07) is 1.63. The summed E-state index contributed by atoms with van der Waals surface area (Å²) in [7, 11) is 0. The number of rotatable bonds is 6. The van der Waals surface area contributed by atoms with E-state index in [-0.39, 0.29) is 11.9 Å². The fourth-order valence-electron chi connectivity index (χ4n) is 1.45. The highest BCUT2D eigenvalue weighted by Gasteiger charge is 2.05. The van der Waals surface area contributed by atoms with Crippen molar-refractivity contribution in [2.75, 3.05) is 6.54 Å². The van der Waals surface area contributed by atoms with E-state index in [1.807, 2.05) is 6.92 Å². The SMILES string of the molecule is C#CCCCCNC(C)c1cncc(F)c1. The average molecular weight is 220 g/mol. The molecule has 0 aliphatic heterocycles. The zero-order chi connectivity index (χ0) is 11.8. The van der Waals surface area contributed by atoms with Gasteiger partial charge in [-0.05, 0) is 37.9 Å². The van der Waals surface area contributed by atoms with Gasteiger partial charge in [-0.25, -0.2) is 4.39 Å². The highest BCUT2D eigenvalue weighted by atomic mass is 19.1. The lowest BCUT2D eigenvalue weighted by Crippen LogP contribution is -2.20. The van der Waals surface area contributed by atoms with E-state index in [0.29, 0.717) is 0 Å². The maximum Gasteiger partial charge on any atom is 0.141 e. The summed E-state index contributed by atoms with van der Waals surface area (Å²) in [6.07, 6.45) is 10.9. The third-order valence-electron chi connectivity index (χ3n) is 2.42. The third kappa shape index (κ3) is 4.41. The van der Waals surface area contributed by atoms with Gasteiger partial charge in [0.25, 0.3) is 0 Å². The smallest absolute Gasteiger partial charge is 0.141 e. The summed E-state index contributed by atoms with van der Waals surface area (Å²) in [6.45, 7) is 2.89. The highest BCUT2D eigenvalue weighted by Crippen LogP contribution is 2.11. The molecule has 0 radical (unpaired) electrons. The van der Waals surface area contributed by atoms with Gasteiger partial charge in [-0.15, -0.1) is 12.3 Å². The second-order valence-corrected chi connectivity index (χ2v) is 3.77. The molecule has 1 heterocycles. The number of terminal acetylenes is 1. The van der Waals surface area contributed by atoms with Gasteiger partial charge in [-0.2, -0.15) is 0 Å². The predicted molar refractivity (Wildman–Crippen MR) is 63.3 cm³/mol. The molecule has 0 saturated heterocycles. The zero-order valence-corrected chi connectivity index (χ0v) is 9.54. The van der Waals surface area contributed by atoms with Crippen LogP contribution in [0.4, 0.5) is 4.39 Å². The van der Waals surface area contributed by atoms with Crippen LogP contribution < -0.4 is 5.32 Å². The summed E-state index contributed by atoms with van der Waals surface area (Å²) in [5, 5.41) is 3.31. The molecule has 0 aliphatic carbocycles. The Morgan fingerprint density at radius 1 is 1.50 bits per heavy atom. The fourth-order valence-corrected chi connectivity index (χ4v) is 1.45. The Kier molecular flexibility index (Phi) is 5.52. The van der Waals surface area contributed by atoms with Gasteiger partial charge in [0.05, 0.1) is 6.20 Å². The Bertz CT molecular complexity index is 357. The lowest BCUT2D eigenvalue weighted by atomic mass is 10.1. The summed E-state index contributed by atoms with van der Waals surface area (Å²) >= 11 is 0. The largest absolute Gasteiger partial charge is 0.310 e. The number of halogens is 1. The van der Waals surface area contributed by atoms with Crippen LogP contribution in [0.2, 0.25) is 0 Å². The van der Waals surface area contributed by atoms with Crippen molar-refractivity contribution in [2.24, 2.45) is 0 Å². The van der Waals surface area contributed by atoms with Gasteiger partial charge in [0.15, 0.2) is 0 Å². The highest BCUT2D eigenvalue weighted by molar-refractivity contribution is 5.14. The summed E-state index contributed by atoms with van der Waals surface area (Å²) in [5.41, 5.74) is 0.872. The van der Waals surface area contributed by atoms with Gasteiger partial charge >= 0.3 is 0 Å². The molecule has 1 aromatic rings. The Balaban J connectivity index is 2.30. The molecule has 0 spiro atoms. The molecular formula is C13H17FN2. The van der Waals surface area contributed by atoms with Gasteiger partial charge in [0.1, 0.15) is 5.82 Å². The van der Waals surface area contributed by atoms with Crippen molar-refractivity contribution in [3.63, 3.8) is 0 Å². The first-order chi connectivity index (χ1) is 7.74. The van der Waals surface area contributed by atoms with E-state index in [2.05, 4.69) is 16.2 Å². The molecule has 0 aliphatic rings. The molecule has 0 fully saturated rings. The molecule has 3 heteroatoms. The standard InChI is InChI=1S/C13H17FN2/c1-3-4-5-6-7-16-11(2)12-8-13(14)10-15-9-12/h1,8-11,16H,4-7H2,2H3. The van der Waals surface area contributed by atoms with Crippen LogP contribution in [0.3, 0.4) is 0 Å². The molecule has 2 nitrogen and oxygen atoms in total. The number of pyridine rings is 1. The van der Waals surface area contributed by atoms with E-state index in [4.69, 9.17) is 6.42 Å². The topological polar surface area (TPSA) is 24.9 Å². The predicted octanol–water partition coefficient (Wildman–Crippen LogP) is 2.67. The molecular weight excluding hydrogens is 203 g/mol. The van der Waals surface area contributed by atoms with Crippen LogP contribution in [-0.4, -0.2) is 11.5 Å². The van der Waals surface area contributed by atoms with Crippen molar-refractivity contribution in [1.29, 1.82) is 0 Å². The fraction of sp³-hybridized carbons (Fsp3) is 0.462. The summed E-state index contributed by atoms with van der Waals surface area (Å²) in [5.74, 6) is 2.31. The molecule has 0 bridgehead atoms. The van der Waals surface area contributed by atoms with Crippen LogP contribution >= 0.6 is 0 Å². The number of hydrogen-bond acceptors (Lipinski definition) is 2. The molecule has 1 unspecified atom stereocenters. The van der Waals surface area contributed by atoms with Gasteiger partial charge in [-0.1, -0.05) is 0 Å². The van der Waals surface area contributed by atoms with Crippen LogP contribution in [0.15, 0.2) is 18.5 Å². The Morgan fingerprint density at radius 3 is 3.00 bits per heavy atom. The second kappa shape index (κ2) is 6.97. The molecule has 0 amide bonds. The van der Waals surface area contributed by atoms with E-state index < -0.39 is 0 Å². The molecule has 1 atom stereocenters. The van der Waals surface area contributed by atoms with Gasteiger partial charge in [0.2, 0.25) is 0 Å². The van der Waals surface area contributed by atoms with Gasteiger partial charge < -0.3 is 5.32 Å². The van der Waals surface area contributed by atoms with Crippen molar-refractivity contribution >= 4 is 0 Å². The van der Waals surface area contributed by atoms with Crippen molar-refractivity contribution in [3.8, 4) is 12.3 Å². The maximum absolute atomic E-state index is 12.9. The van der Waals surface area contributed by atoms with Crippen LogP contribution in [0.1, 0.15) is 37.8 Å². The Labute approximate surface area is 96.3 Å². The molecule has 1 aromatic heterocycles. The normalized spacial score (nSPS) is 12.1.